The van der Waals surface area contributed by atoms with Crippen LogP contribution in [0.2, 0.25) is 5.02 Å². The van der Waals surface area contributed by atoms with Crippen LogP contribution >= 0.6 is 23.4 Å². The number of carbonyl (C=O) groups excluding carboxylic acids is 2. The number of rotatable bonds is 5. The first kappa shape index (κ1) is 18.6. The number of carbonyl (C=O) groups is 2. The number of amides is 3. The van der Waals surface area contributed by atoms with Gasteiger partial charge in [0.1, 0.15) is 0 Å². The predicted octanol–water partition coefficient (Wildman–Crippen LogP) is 3.79. The largest absolute Gasteiger partial charge is 0.352 e. The van der Waals surface area contributed by atoms with Crippen LogP contribution in [0.5, 0.6) is 0 Å². The molecular formula is C19H20ClN3O2S. The van der Waals surface area contributed by atoms with Crippen molar-refractivity contribution in [2.45, 2.75) is 29.8 Å². The van der Waals surface area contributed by atoms with Gasteiger partial charge in [0.05, 0.1) is 18.5 Å². The number of halogens is 1. The molecule has 0 bridgehead atoms. The first-order valence-corrected chi connectivity index (χ1v) is 9.72. The molecular weight excluding hydrogens is 370 g/mol. The summed E-state index contributed by atoms with van der Waals surface area (Å²) in [4.78, 5) is 25.2. The quantitative estimate of drug-likeness (QED) is 0.727. The van der Waals surface area contributed by atoms with E-state index in [4.69, 9.17) is 17.3 Å². The minimum absolute atomic E-state index is 0.0144. The average molecular weight is 390 g/mol. The smallest absolute Gasteiger partial charge is 0.312 e. The van der Waals surface area contributed by atoms with Crippen molar-refractivity contribution in [1.29, 1.82) is 0 Å². The standard InChI is InChI=1S/C19H20ClN3O2S/c20-13-7-5-12(6-8-13)16(23-19(21)25)11-18(24)22-15-9-10-26-17-4-2-1-3-14(15)17/h1-8,15-16H,9-11H2,(H,22,24)(H3,21,23,25)/t15-,16+/m0/s1. The van der Waals surface area contributed by atoms with E-state index < -0.39 is 12.1 Å². The van der Waals surface area contributed by atoms with Crippen molar-refractivity contribution < 1.29 is 9.59 Å². The van der Waals surface area contributed by atoms with E-state index in [1.165, 1.54) is 4.90 Å². The Balaban J connectivity index is 1.70. The number of nitrogens with one attached hydrogen (secondary N) is 2. The van der Waals surface area contributed by atoms with Gasteiger partial charge in [-0.1, -0.05) is 41.9 Å². The lowest BCUT2D eigenvalue weighted by atomic mass is 10.0. The second-order valence-corrected chi connectivity index (χ2v) is 7.69. The molecule has 2 aromatic carbocycles. The zero-order valence-corrected chi connectivity index (χ0v) is 15.6. The van der Waals surface area contributed by atoms with E-state index >= 15 is 0 Å². The lowest BCUT2D eigenvalue weighted by molar-refractivity contribution is -0.122. The molecule has 0 saturated heterocycles. The summed E-state index contributed by atoms with van der Waals surface area (Å²) in [6.07, 6.45) is 0.985. The Kier molecular flexibility index (Phi) is 6.06. The van der Waals surface area contributed by atoms with Gasteiger partial charge in [-0.2, -0.15) is 0 Å². The Labute approximate surface area is 161 Å². The van der Waals surface area contributed by atoms with Gasteiger partial charge in [0.25, 0.3) is 0 Å². The lowest BCUT2D eigenvalue weighted by Crippen LogP contribution is -2.38. The summed E-state index contributed by atoms with van der Waals surface area (Å²) in [5, 5.41) is 6.31. The summed E-state index contributed by atoms with van der Waals surface area (Å²) < 4.78 is 0. The lowest BCUT2D eigenvalue weighted by Gasteiger charge is -2.27. The molecule has 3 rings (SSSR count). The molecule has 2 atom stereocenters. The van der Waals surface area contributed by atoms with Crippen LogP contribution < -0.4 is 16.4 Å². The third-order valence-electron chi connectivity index (χ3n) is 4.27. The van der Waals surface area contributed by atoms with Crippen molar-refractivity contribution in [3.05, 3.63) is 64.7 Å². The molecule has 0 aromatic heterocycles. The van der Waals surface area contributed by atoms with E-state index in [1.54, 1.807) is 36.0 Å². The molecule has 0 saturated carbocycles. The van der Waals surface area contributed by atoms with Crippen LogP contribution in [0.4, 0.5) is 4.79 Å². The fraction of sp³-hybridized carbons (Fsp3) is 0.263. The number of thioether (sulfide) groups is 1. The molecule has 0 spiro atoms. The number of primary amides is 1. The fourth-order valence-corrected chi connectivity index (χ4v) is 4.30. The molecule has 0 fully saturated rings. The van der Waals surface area contributed by atoms with Crippen LogP contribution in [0, 0.1) is 0 Å². The maximum atomic E-state index is 12.6. The van der Waals surface area contributed by atoms with Crippen LogP contribution in [0.25, 0.3) is 0 Å². The highest BCUT2D eigenvalue weighted by molar-refractivity contribution is 7.99. The summed E-state index contributed by atoms with van der Waals surface area (Å²) in [5.74, 6) is 0.827. The molecule has 4 N–H and O–H groups in total. The zero-order chi connectivity index (χ0) is 18.5. The predicted molar refractivity (Wildman–Crippen MR) is 104 cm³/mol. The summed E-state index contributed by atoms with van der Waals surface area (Å²) in [7, 11) is 0. The van der Waals surface area contributed by atoms with E-state index in [-0.39, 0.29) is 18.4 Å². The van der Waals surface area contributed by atoms with E-state index in [9.17, 15) is 9.59 Å². The number of hydrogen-bond donors (Lipinski definition) is 3. The van der Waals surface area contributed by atoms with Gasteiger partial charge in [-0.15, -0.1) is 11.8 Å². The number of fused-ring (bicyclic) bond motifs is 1. The Bertz CT molecular complexity index is 798. The first-order chi connectivity index (χ1) is 12.5. The van der Waals surface area contributed by atoms with Gasteiger partial charge in [0.2, 0.25) is 5.91 Å². The molecule has 7 heteroatoms. The van der Waals surface area contributed by atoms with Gasteiger partial charge in [-0.25, -0.2) is 4.79 Å². The van der Waals surface area contributed by atoms with E-state index in [0.29, 0.717) is 5.02 Å². The van der Waals surface area contributed by atoms with Gasteiger partial charge in [0.15, 0.2) is 0 Å². The summed E-state index contributed by atoms with van der Waals surface area (Å²) in [5.41, 5.74) is 7.20. The molecule has 0 unspecified atom stereocenters. The molecule has 136 valence electrons. The second-order valence-electron chi connectivity index (χ2n) is 6.11. The molecule has 0 radical (unpaired) electrons. The van der Waals surface area contributed by atoms with Gasteiger partial charge in [0, 0.05) is 15.7 Å². The first-order valence-electron chi connectivity index (χ1n) is 8.35. The van der Waals surface area contributed by atoms with Crippen molar-refractivity contribution in [2.24, 2.45) is 5.73 Å². The highest BCUT2D eigenvalue weighted by atomic mass is 35.5. The minimum Gasteiger partial charge on any atom is -0.352 e. The van der Waals surface area contributed by atoms with Crippen molar-refractivity contribution in [1.82, 2.24) is 10.6 Å². The normalized spacial score (nSPS) is 17.0. The molecule has 3 amide bonds. The highest BCUT2D eigenvalue weighted by Crippen LogP contribution is 2.36. The van der Waals surface area contributed by atoms with Crippen LogP contribution in [0.15, 0.2) is 53.4 Å². The Morgan fingerprint density at radius 2 is 1.92 bits per heavy atom. The molecule has 0 aliphatic carbocycles. The van der Waals surface area contributed by atoms with E-state index in [0.717, 1.165) is 23.3 Å². The number of nitrogens with two attached hydrogens (primary N) is 1. The maximum absolute atomic E-state index is 12.6. The minimum atomic E-state index is -0.669. The van der Waals surface area contributed by atoms with E-state index in [2.05, 4.69) is 16.7 Å². The van der Waals surface area contributed by atoms with Crippen molar-refractivity contribution >= 4 is 35.3 Å². The Morgan fingerprint density at radius 1 is 1.19 bits per heavy atom. The van der Waals surface area contributed by atoms with Crippen molar-refractivity contribution in [2.75, 3.05) is 5.75 Å². The SMILES string of the molecule is NC(=O)N[C@H](CC(=O)N[C@H]1CCSc2ccccc21)c1ccc(Cl)cc1. The van der Waals surface area contributed by atoms with Gasteiger partial charge < -0.3 is 16.4 Å². The third kappa shape index (κ3) is 4.71. The monoisotopic (exact) mass is 389 g/mol. The summed E-state index contributed by atoms with van der Waals surface area (Å²) in [6.45, 7) is 0. The zero-order valence-electron chi connectivity index (χ0n) is 14.1. The molecule has 2 aromatic rings. The molecule has 1 aliphatic rings. The summed E-state index contributed by atoms with van der Waals surface area (Å²) >= 11 is 7.71. The van der Waals surface area contributed by atoms with Gasteiger partial charge in [-0.05, 0) is 35.7 Å². The molecule has 1 aliphatic heterocycles. The number of urea groups is 1. The third-order valence-corrected chi connectivity index (χ3v) is 5.65. The van der Waals surface area contributed by atoms with E-state index in [1.807, 2.05) is 18.2 Å². The fourth-order valence-electron chi connectivity index (χ4n) is 3.05. The van der Waals surface area contributed by atoms with Crippen LogP contribution in [-0.2, 0) is 4.79 Å². The topological polar surface area (TPSA) is 84.2 Å². The Hall–Kier alpha value is -2.18. The number of hydrogen-bond acceptors (Lipinski definition) is 3. The van der Waals surface area contributed by atoms with Gasteiger partial charge in [-0.3, -0.25) is 4.79 Å². The molecule has 5 nitrogen and oxygen atoms in total. The van der Waals surface area contributed by atoms with Crippen molar-refractivity contribution in [3.8, 4) is 0 Å². The number of benzene rings is 2. The van der Waals surface area contributed by atoms with Crippen LogP contribution in [-0.4, -0.2) is 17.7 Å². The van der Waals surface area contributed by atoms with Gasteiger partial charge >= 0.3 is 6.03 Å². The average Bonchev–Trinajstić information content (AvgIpc) is 2.62. The second kappa shape index (κ2) is 8.47. The van der Waals surface area contributed by atoms with Crippen LogP contribution in [0.3, 0.4) is 0 Å². The summed E-state index contributed by atoms with van der Waals surface area (Å²) in [6, 6.07) is 13.9. The molecule has 26 heavy (non-hydrogen) atoms. The molecule has 1 heterocycles. The highest BCUT2D eigenvalue weighted by Gasteiger charge is 2.24. The van der Waals surface area contributed by atoms with Crippen LogP contribution in [0.1, 0.15) is 36.1 Å². The van der Waals surface area contributed by atoms with Crippen molar-refractivity contribution in [3.63, 3.8) is 0 Å². The maximum Gasteiger partial charge on any atom is 0.312 e. The Morgan fingerprint density at radius 3 is 2.65 bits per heavy atom.